The first-order valence-corrected chi connectivity index (χ1v) is 10.3. The summed E-state index contributed by atoms with van der Waals surface area (Å²) in [7, 11) is 1.58. The minimum absolute atomic E-state index is 0.0206. The third kappa shape index (κ3) is 3.24. The highest BCUT2D eigenvalue weighted by atomic mass is 16.5. The summed E-state index contributed by atoms with van der Waals surface area (Å²) < 4.78 is 5.17. The van der Waals surface area contributed by atoms with Crippen molar-refractivity contribution in [2.75, 3.05) is 25.1 Å². The quantitative estimate of drug-likeness (QED) is 0.801. The highest BCUT2D eigenvalue weighted by molar-refractivity contribution is 5.83. The first-order chi connectivity index (χ1) is 14.2. The molecular weight excluding hydrogens is 366 g/mol. The highest BCUT2D eigenvalue weighted by Gasteiger charge is 2.48. The average molecular weight is 391 g/mol. The summed E-state index contributed by atoms with van der Waals surface area (Å²) in [5, 5.41) is 6.22. The Labute approximate surface area is 170 Å². The van der Waals surface area contributed by atoms with Gasteiger partial charge in [-0.1, -0.05) is 30.3 Å². The van der Waals surface area contributed by atoms with Gasteiger partial charge in [0.05, 0.1) is 13.2 Å². The molecule has 2 fully saturated rings. The summed E-state index contributed by atoms with van der Waals surface area (Å²) >= 11 is 0. The molecule has 0 spiro atoms. The molecule has 7 nitrogen and oxygen atoms in total. The van der Waals surface area contributed by atoms with E-state index in [0.717, 1.165) is 43.7 Å². The summed E-state index contributed by atoms with van der Waals surface area (Å²) in [6, 6.07) is 12.5. The van der Waals surface area contributed by atoms with Crippen LogP contribution in [0.5, 0.6) is 6.01 Å². The number of hydrazone groups is 1. The van der Waals surface area contributed by atoms with Gasteiger partial charge in [-0.2, -0.15) is 10.1 Å². The number of amides is 1. The first kappa shape index (κ1) is 18.1. The van der Waals surface area contributed by atoms with Crippen LogP contribution < -0.4 is 9.64 Å². The van der Waals surface area contributed by atoms with Crippen LogP contribution in [0.4, 0.5) is 5.82 Å². The SMILES string of the molecule is COc1nccc(N2CC3CCC(C2)C3C(=O)N2N=CCC2c2ccccc2)n1. The lowest BCUT2D eigenvalue weighted by molar-refractivity contribution is -0.140. The maximum absolute atomic E-state index is 13.5. The molecule has 1 aliphatic carbocycles. The van der Waals surface area contributed by atoms with Crippen LogP contribution in [0.1, 0.15) is 30.9 Å². The minimum Gasteiger partial charge on any atom is -0.467 e. The van der Waals surface area contributed by atoms with Gasteiger partial charge in [0.15, 0.2) is 0 Å². The number of carbonyl (C=O) groups excluding carboxylic acids is 1. The third-order valence-electron chi connectivity index (χ3n) is 6.48. The number of aromatic nitrogens is 2. The molecule has 0 radical (unpaired) electrons. The van der Waals surface area contributed by atoms with Gasteiger partial charge in [-0.15, -0.1) is 0 Å². The number of piperidine rings is 1. The molecule has 7 heteroatoms. The first-order valence-electron chi connectivity index (χ1n) is 10.3. The standard InChI is InChI=1S/C22H25N5O2/c1-29-22-23-11-10-19(25-22)26-13-16-7-8-17(14-26)20(16)21(28)27-18(9-12-24-27)15-5-3-2-4-6-15/h2-6,10-12,16-18,20H,7-9,13-14H2,1H3. The van der Waals surface area contributed by atoms with E-state index in [1.165, 1.54) is 0 Å². The zero-order valence-corrected chi connectivity index (χ0v) is 16.5. The topological polar surface area (TPSA) is 70.9 Å². The second kappa shape index (κ2) is 7.46. The van der Waals surface area contributed by atoms with Crippen molar-refractivity contribution in [3.63, 3.8) is 0 Å². The predicted octanol–water partition coefficient (Wildman–Crippen LogP) is 2.91. The molecule has 1 saturated heterocycles. The van der Waals surface area contributed by atoms with Crippen LogP contribution in [-0.2, 0) is 4.79 Å². The number of ether oxygens (including phenoxy) is 1. The average Bonchev–Trinajstić information content (AvgIpc) is 3.36. The second-order valence-corrected chi connectivity index (χ2v) is 8.07. The third-order valence-corrected chi connectivity index (χ3v) is 6.48. The molecule has 3 aliphatic rings. The van der Waals surface area contributed by atoms with Crippen LogP contribution in [0.25, 0.3) is 0 Å². The molecule has 1 saturated carbocycles. The van der Waals surface area contributed by atoms with Crippen LogP contribution >= 0.6 is 0 Å². The Morgan fingerprint density at radius 3 is 2.59 bits per heavy atom. The molecule has 1 amide bonds. The number of anilines is 1. The van der Waals surface area contributed by atoms with Gasteiger partial charge in [-0.3, -0.25) is 4.79 Å². The van der Waals surface area contributed by atoms with Gasteiger partial charge < -0.3 is 9.64 Å². The van der Waals surface area contributed by atoms with E-state index in [0.29, 0.717) is 17.8 Å². The van der Waals surface area contributed by atoms with Crippen molar-refractivity contribution < 1.29 is 9.53 Å². The Hall–Kier alpha value is -2.96. The molecule has 2 bridgehead atoms. The normalized spacial score (nSPS) is 28.0. The Bertz CT molecular complexity index is 904. The van der Waals surface area contributed by atoms with Crippen molar-refractivity contribution in [2.24, 2.45) is 22.9 Å². The van der Waals surface area contributed by atoms with Gasteiger partial charge >= 0.3 is 6.01 Å². The molecule has 5 rings (SSSR count). The largest absolute Gasteiger partial charge is 0.467 e. The molecule has 3 atom stereocenters. The molecule has 0 N–H and O–H groups in total. The lowest BCUT2D eigenvalue weighted by Crippen LogP contribution is -2.48. The molecule has 1 aromatic carbocycles. The molecular formula is C22H25N5O2. The second-order valence-electron chi connectivity index (χ2n) is 8.07. The van der Waals surface area contributed by atoms with Crippen molar-refractivity contribution in [1.29, 1.82) is 0 Å². The van der Waals surface area contributed by atoms with Crippen molar-refractivity contribution in [1.82, 2.24) is 15.0 Å². The molecule has 29 heavy (non-hydrogen) atoms. The maximum Gasteiger partial charge on any atom is 0.318 e. The van der Waals surface area contributed by atoms with Gasteiger partial charge in [0, 0.05) is 37.8 Å². The van der Waals surface area contributed by atoms with E-state index >= 15 is 0 Å². The van der Waals surface area contributed by atoms with Crippen LogP contribution in [0.2, 0.25) is 0 Å². The Balaban J connectivity index is 1.34. The monoisotopic (exact) mass is 391 g/mol. The molecule has 150 valence electrons. The van der Waals surface area contributed by atoms with Crippen LogP contribution in [0.15, 0.2) is 47.7 Å². The lowest BCUT2D eigenvalue weighted by atomic mass is 9.83. The molecule has 2 aliphatic heterocycles. The van der Waals surface area contributed by atoms with Crippen molar-refractivity contribution in [3.8, 4) is 6.01 Å². The number of methoxy groups -OCH3 is 1. The fourth-order valence-corrected chi connectivity index (χ4v) is 5.15. The fraction of sp³-hybridized carbons (Fsp3) is 0.455. The van der Waals surface area contributed by atoms with Gasteiger partial charge in [-0.05, 0) is 36.3 Å². The predicted molar refractivity (Wildman–Crippen MR) is 110 cm³/mol. The van der Waals surface area contributed by atoms with Gasteiger partial charge in [0.25, 0.3) is 0 Å². The zero-order valence-electron chi connectivity index (χ0n) is 16.5. The number of benzene rings is 1. The van der Waals surface area contributed by atoms with Crippen LogP contribution in [-0.4, -0.2) is 47.3 Å². The summed E-state index contributed by atoms with van der Waals surface area (Å²) in [6.07, 6.45) is 6.54. The van der Waals surface area contributed by atoms with E-state index in [9.17, 15) is 4.79 Å². The number of hydrogen-bond acceptors (Lipinski definition) is 6. The Morgan fingerprint density at radius 2 is 1.86 bits per heavy atom. The number of nitrogens with zero attached hydrogens (tertiary/aromatic N) is 5. The van der Waals surface area contributed by atoms with E-state index in [2.05, 4.69) is 32.1 Å². The van der Waals surface area contributed by atoms with Gasteiger partial charge in [-0.25, -0.2) is 9.99 Å². The Kier molecular flexibility index (Phi) is 4.66. The Morgan fingerprint density at radius 1 is 1.10 bits per heavy atom. The summed E-state index contributed by atoms with van der Waals surface area (Å²) in [5.74, 6) is 1.75. The number of hydrogen-bond donors (Lipinski definition) is 0. The van der Waals surface area contributed by atoms with Crippen molar-refractivity contribution >= 4 is 17.9 Å². The molecule has 2 aromatic rings. The highest BCUT2D eigenvalue weighted by Crippen LogP contribution is 2.45. The van der Waals surface area contributed by atoms with E-state index in [1.807, 2.05) is 30.5 Å². The summed E-state index contributed by atoms with van der Waals surface area (Å²) in [4.78, 5) is 24.4. The van der Waals surface area contributed by atoms with Crippen LogP contribution in [0.3, 0.4) is 0 Å². The van der Waals surface area contributed by atoms with E-state index in [-0.39, 0.29) is 17.9 Å². The summed E-state index contributed by atoms with van der Waals surface area (Å²) in [5.41, 5.74) is 1.15. The van der Waals surface area contributed by atoms with E-state index < -0.39 is 0 Å². The summed E-state index contributed by atoms with van der Waals surface area (Å²) in [6.45, 7) is 1.67. The maximum atomic E-state index is 13.5. The zero-order chi connectivity index (χ0) is 19.8. The molecule has 3 unspecified atom stereocenters. The van der Waals surface area contributed by atoms with E-state index in [4.69, 9.17) is 4.74 Å². The molecule has 3 heterocycles. The number of rotatable bonds is 4. The smallest absolute Gasteiger partial charge is 0.318 e. The van der Waals surface area contributed by atoms with Crippen LogP contribution in [0, 0.1) is 17.8 Å². The van der Waals surface area contributed by atoms with Gasteiger partial charge in [0.2, 0.25) is 5.91 Å². The lowest BCUT2D eigenvalue weighted by Gasteiger charge is -2.39. The number of carbonyl (C=O) groups is 1. The van der Waals surface area contributed by atoms with Gasteiger partial charge in [0.1, 0.15) is 5.82 Å². The van der Waals surface area contributed by atoms with E-state index in [1.54, 1.807) is 18.3 Å². The minimum atomic E-state index is 0.0206. The molecule has 1 aromatic heterocycles. The number of fused-ring (bicyclic) bond motifs is 2. The van der Waals surface area contributed by atoms with Crippen molar-refractivity contribution in [3.05, 3.63) is 48.2 Å². The van der Waals surface area contributed by atoms with Crippen molar-refractivity contribution in [2.45, 2.75) is 25.3 Å². The fourth-order valence-electron chi connectivity index (χ4n) is 5.15.